The van der Waals surface area contributed by atoms with Crippen molar-refractivity contribution in [1.82, 2.24) is 5.01 Å². The fraction of sp³-hybridized carbons (Fsp3) is 0.312. The predicted octanol–water partition coefficient (Wildman–Crippen LogP) is 7.99. The molecule has 208 valence electrons. The van der Waals surface area contributed by atoms with Crippen LogP contribution in [-0.4, -0.2) is 36.4 Å². The molecule has 40 heavy (non-hydrogen) atoms. The highest BCUT2D eigenvalue weighted by atomic mass is 35.5. The van der Waals surface area contributed by atoms with Gasteiger partial charge in [-0.2, -0.15) is 5.10 Å². The molecule has 5 rings (SSSR count). The number of benzene rings is 3. The summed E-state index contributed by atoms with van der Waals surface area (Å²) in [6.45, 7) is 4.95. The molecule has 2 unspecified atom stereocenters. The van der Waals surface area contributed by atoms with Gasteiger partial charge in [-0.05, 0) is 98.4 Å². The Morgan fingerprint density at radius 3 is 2.27 bits per heavy atom. The molecule has 1 fully saturated rings. The molecule has 3 aromatic carbocycles. The molecule has 1 saturated carbocycles. The van der Waals surface area contributed by atoms with Gasteiger partial charge in [-0.25, -0.2) is 5.01 Å². The van der Waals surface area contributed by atoms with Gasteiger partial charge in [0.25, 0.3) is 5.91 Å². The van der Waals surface area contributed by atoms with E-state index in [0.29, 0.717) is 29.0 Å². The van der Waals surface area contributed by atoms with E-state index in [2.05, 4.69) is 6.08 Å². The van der Waals surface area contributed by atoms with Gasteiger partial charge in [0.05, 0.1) is 30.0 Å². The second-order valence-electron chi connectivity index (χ2n) is 9.70. The number of rotatable bonds is 9. The van der Waals surface area contributed by atoms with Gasteiger partial charge in [0.15, 0.2) is 6.61 Å². The van der Waals surface area contributed by atoms with E-state index in [0.717, 1.165) is 53.2 Å². The molecule has 2 atom stereocenters. The van der Waals surface area contributed by atoms with Crippen molar-refractivity contribution in [2.45, 2.75) is 39.2 Å². The summed E-state index contributed by atoms with van der Waals surface area (Å²) in [6.07, 6.45) is 5.02. The molecular formula is C32H32Cl2N2O4. The summed E-state index contributed by atoms with van der Waals surface area (Å²) in [4.78, 5) is 13.6. The molecule has 2 aliphatic rings. The standard InChI is InChI=1S/C32H32Cl2N2O4/c1-3-38-25-13-8-21(9-14-25)18-23-6-5-7-27-31(23)35-36(32(27)22-10-15-26(16-11-22)39-4-2)30(37)20-40-29-17-12-24(33)19-28(29)34/h8-19,27,32H,3-7,20H2,1-2H3/b23-18-. The van der Waals surface area contributed by atoms with Gasteiger partial charge < -0.3 is 14.2 Å². The van der Waals surface area contributed by atoms with Crippen molar-refractivity contribution in [1.29, 1.82) is 0 Å². The van der Waals surface area contributed by atoms with Crippen LogP contribution in [0.3, 0.4) is 0 Å². The molecule has 1 aliphatic carbocycles. The molecule has 1 amide bonds. The second-order valence-corrected chi connectivity index (χ2v) is 10.5. The Bertz CT molecular complexity index is 1400. The summed E-state index contributed by atoms with van der Waals surface area (Å²) >= 11 is 12.3. The lowest BCUT2D eigenvalue weighted by molar-refractivity contribution is -0.135. The monoisotopic (exact) mass is 578 g/mol. The van der Waals surface area contributed by atoms with Gasteiger partial charge in [-0.1, -0.05) is 47.5 Å². The van der Waals surface area contributed by atoms with Crippen LogP contribution in [-0.2, 0) is 4.79 Å². The quantitative estimate of drug-likeness (QED) is 0.258. The number of hydrogen-bond acceptors (Lipinski definition) is 5. The minimum absolute atomic E-state index is 0.0729. The zero-order valence-electron chi connectivity index (χ0n) is 22.6. The maximum Gasteiger partial charge on any atom is 0.281 e. The number of amides is 1. The molecule has 6 nitrogen and oxygen atoms in total. The number of halogens is 2. The normalized spacial score (nSPS) is 19.2. The second kappa shape index (κ2) is 12.8. The maximum absolute atomic E-state index is 13.6. The number of hydrazone groups is 1. The van der Waals surface area contributed by atoms with Crippen LogP contribution in [0.25, 0.3) is 6.08 Å². The SMILES string of the molecule is CCOc1ccc(/C=C2/CCCC3C2=NN(C(=O)COc2ccc(Cl)cc2Cl)C3c2ccc(OCC)cc2)cc1. The lowest BCUT2D eigenvalue weighted by Crippen LogP contribution is -2.34. The Kier molecular flexibility index (Phi) is 8.98. The molecule has 0 aromatic heterocycles. The van der Waals surface area contributed by atoms with Crippen molar-refractivity contribution >= 4 is 40.9 Å². The highest BCUT2D eigenvalue weighted by molar-refractivity contribution is 6.35. The molecule has 0 bridgehead atoms. The summed E-state index contributed by atoms with van der Waals surface area (Å²) in [6, 6.07) is 20.7. The Labute approximate surface area is 245 Å². The van der Waals surface area contributed by atoms with Gasteiger partial charge in [-0.3, -0.25) is 4.79 Å². The van der Waals surface area contributed by atoms with Gasteiger partial charge in [0.1, 0.15) is 17.2 Å². The third-order valence-electron chi connectivity index (χ3n) is 7.07. The summed E-state index contributed by atoms with van der Waals surface area (Å²) in [7, 11) is 0. The van der Waals surface area contributed by atoms with Crippen LogP contribution in [0, 0.1) is 5.92 Å². The molecule has 1 heterocycles. The Balaban J connectivity index is 1.44. The number of hydrogen-bond donors (Lipinski definition) is 0. The predicted molar refractivity (Wildman–Crippen MR) is 160 cm³/mol. The van der Waals surface area contributed by atoms with E-state index in [1.54, 1.807) is 23.2 Å². The van der Waals surface area contributed by atoms with Crippen LogP contribution in [0.15, 0.2) is 77.4 Å². The number of carbonyl (C=O) groups excluding carboxylic acids is 1. The van der Waals surface area contributed by atoms with Gasteiger partial charge >= 0.3 is 0 Å². The maximum atomic E-state index is 13.6. The van der Waals surface area contributed by atoms with Crippen LogP contribution >= 0.6 is 23.2 Å². The fourth-order valence-corrected chi connectivity index (χ4v) is 5.76. The zero-order chi connectivity index (χ0) is 28.1. The van der Waals surface area contributed by atoms with Crippen LogP contribution < -0.4 is 14.2 Å². The third-order valence-corrected chi connectivity index (χ3v) is 7.60. The first-order valence-electron chi connectivity index (χ1n) is 13.6. The van der Waals surface area contributed by atoms with E-state index in [1.165, 1.54) is 0 Å². The fourth-order valence-electron chi connectivity index (χ4n) is 5.29. The number of allylic oxidation sites excluding steroid dienone is 1. The minimum atomic E-state index is -0.244. The highest BCUT2D eigenvalue weighted by Crippen LogP contribution is 2.45. The molecule has 0 saturated heterocycles. The molecule has 0 radical (unpaired) electrons. The van der Waals surface area contributed by atoms with Crippen LogP contribution in [0.2, 0.25) is 10.0 Å². The van der Waals surface area contributed by atoms with Gasteiger partial charge in [0.2, 0.25) is 0 Å². The molecule has 8 heteroatoms. The molecule has 0 N–H and O–H groups in total. The lowest BCUT2D eigenvalue weighted by Gasteiger charge is -2.29. The summed E-state index contributed by atoms with van der Waals surface area (Å²) in [5.41, 5.74) is 4.18. The van der Waals surface area contributed by atoms with E-state index in [-0.39, 0.29) is 24.5 Å². The van der Waals surface area contributed by atoms with E-state index in [9.17, 15) is 4.79 Å². The Morgan fingerprint density at radius 2 is 1.62 bits per heavy atom. The topological polar surface area (TPSA) is 60.4 Å². The number of ether oxygens (including phenoxy) is 3. The van der Waals surface area contributed by atoms with E-state index in [1.807, 2.05) is 62.4 Å². The third kappa shape index (κ3) is 6.29. The van der Waals surface area contributed by atoms with Gasteiger partial charge in [0, 0.05) is 10.9 Å². The Morgan fingerprint density at radius 1 is 0.950 bits per heavy atom. The molecule has 3 aromatic rings. The van der Waals surface area contributed by atoms with Crippen LogP contribution in [0.5, 0.6) is 17.2 Å². The smallest absolute Gasteiger partial charge is 0.281 e. The zero-order valence-corrected chi connectivity index (χ0v) is 24.1. The van der Waals surface area contributed by atoms with Crippen LogP contribution in [0.4, 0.5) is 0 Å². The molecule has 1 aliphatic heterocycles. The first-order chi connectivity index (χ1) is 19.5. The summed E-state index contributed by atoms with van der Waals surface area (Å²) in [5, 5.41) is 7.39. The lowest BCUT2D eigenvalue weighted by atomic mass is 9.77. The first kappa shape index (κ1) is 28.1. The van der Waals surface area contributed by atoms with E-state index < -0.39 is 0 Å². The number of carbonyl (C=O) groups is 1. The van der Waals surface area contributed by atoms with Crippen molar-refractivity contribution in [3.05, 3.63) is 93.5 Å². The Hall–Kier alpha value is -3.48. The average molecular weight is 580 g/mol. The van der Waals surface area contributed by atoms with Crippen molar-refractivity contribution in [2.75, 3.05) is 19.8 Å². The van der Waals surface area contributed by atoms with E-state index in [4.69, 9.17) is 42.5 Å². The molecule has 0 spiro atoms. The van der Waals surface area contributed by atoms with Crippen molar-refractivity contribution in [2.24, 2.45) is 11.0 Å². The summed E-state index contributed by atoms with van der Waals surface area (Å²) in [5.74, 6) is 1.87. The minimum Gasteiger partial charge on any atom is -0.494 e. The van der Waals surface area contributed by atoms with Crippen LogP contribution in [0.1, 0.15) is 50.3 Å². The highest BCUT2D eigenvalue weighted by Gasteiger charge is 2.43. The van der Waals surface area contributed by atoms with Gasteiger partial charge in [-0.15, -0.1) is 0 Å². The molecular weight excluding hydrogens is 547 g/mol. The largest absolute Gasteiger partial charge is 0.494 e. The number of fused-ring (bicyclic) bond motifs is 1. The summed E-state index contributed by atoms with van der Waals surface area (Å²) < 4.78 is 17.1. The number of nitrogens with zero attached hydrogens (tertiary/aromatic N) is 2. The first-order valence-corrected chi connectivity index (χ1v) is 14.4. The average Bonchev–Trinajstić information content (AvgIpc) is 3.35. The van der Waals surface area contributed by atoms with E-state index >= 15 is 0 Å². The van der Waals surface area contributed by atoms with Crippen molar-refractivity contribution in [3.8, 4) is 17.2 Å². The van der Waals surface area contributed by atoms with Crippen molar-refractivity contribution in [3.63, 3.8) is 0 Å². The van der Waals surface area contributed by atoms with Crippen molar-refractivity contribution < 1.29 is 19.0 Å².